The molecule has 0 aromatic heterocycles. The molecule has 6 rings (SSSR count). The van der Waals surface area contributed by atoms with Gasteiger partial charge in [0.15, 0.2) is 11.6 Å². The molecule has 2 saturated heterocycles. The number of allylic oxidation sites excluding steroid dienone is 1. The molecule has 11 nitrogen and oxygen atoms in total. The van der Waals surface area contributed by atoms with Gasteiger partial charge in [-0.2, -0.15) is 0 Å². The fraction of sp³-hybridized carbons (Fsp3) is 0.500. The molecule has 2 unspecified atom stereocenters. The van der Waals surface area contributed by atoms with Gasteiger partial charge in [-0.05, 0) is 63.9 Å². The summed E-state index contributed by atoms with van der Waals surface area (Å²) in [5, 5.41) is 0. The van der Waals surface area contributed by atoms with Crippen LogP contribution in [0.2, 0.25) is 0 Å². The molecule has 0 N–H and O–H groups in total. The summed E-state index contributed by atoms with van der Waals surface area (Å²) in [6, 6.07) is 16.4. The number of carbonyl (C=O) groups is 7. The van der Waals surface area contributed by atoms with E-state index in [2.05, 4.69) is 0 Å². The van der Waals surface area contributed by atoms with E-state index in [-0.39, 0.29) is 42.5 Å². The summed E-state index contributed by atoms with van der Waals surface area (Å²) in [7, 11) is 2.89. The first kappa shape index (κ1) is 40.8. The van der Waals surface area contributed by atoms with E-state index in [4.69, 9.17) is 0 Å². The van der Waals surface area contributed by atoms with Crippen LogP contribution in [-0.2, 0) is 14.4 Å². The van der Waals surface area contributed by atoms with E-state index in [9.17, 15) is 33.6 Å². The van der Waals surface area contributed by atoms with Gasteiger partial charge in [-0.3, -0.25) is 38.7 Å². The lowest BCUT2D eigenvalue weighted by Gasteiger charge is -2.47. The number of hydrogen-bond acceptors (Lipinski definition) is 7. The second-order valence-corrected chi connectivity index (χ2v) is 14.5. The first-order valence-corrected chi connectivity index (χ1v) is 18.9. The van der Waals surface area contributed by atoms with Crippen LogP contribution in [0.1, 0.15) is 106 Å². The van der Waals surface area contributed by atoms with E-state index in [1.165, 1.54) is 25.4 Å². The Morgan fingerprint density at radius 1 is 0.660 bits per heavy atom. The van der Waals surface area contributed by atoms with E-state index in [1.807, 2.05) is 45.0 Å². The summed E-state index contributed by atoms with van der Waals surface area (Å²) in [6.07, 6.45) is 10.8. The zero-order chi connectivity index (χ0) is 38.9. The Bertz CT molecular complexity index is 1720. The third kappa shape index (κ3) is 8.50. The molecule has 0 bridgehead atoms. The van der Waals surface area contributed by atoms with Crippen molar-refractivity contribution in [1.82, 2.24) is 19.6 Å². The van der Waals surface area contributed by atoms with Crippen LogP contribution in [0.4, 0.5) is 9.59 Å². The molecule has 2 atom stereocenters. The molecule has 2 aromatic rings. The van der Waals surface area contributed by atoms with Crippen LogP contribution >= 0.6 is 0 Å². The van der Waals surface area contributed by atoms with Crippen molar-refractivity contribution in [3.8, 4) is 0 Å². The number of carbonyl (C=O) groups excluding carboxylic acids is 7. The number of hydrogen-bond donors (Lipinski definition) is 0. The Hall–Kier alpha value is -4.93. The lowest BCUT2D eigenvalue weighted by molar-refractivity contribution is -0.153. The first-order chi connectivity index (χ1) is 25.3. The van der Waals surface area contributed by atoms with Gasteiger partial charge in [0.1, 0.15) is 5.41 Å². The van der Waals surface area contributed by atoms with E-state index in [0.717, 1.165) is 60.3 Å². The smallest absolute Gasteiger partial charge is 0.316 e. The van der Waals surface area contributed by atoms with Crippen molar-refractivity contribution < 1.29 is 33.6 Å². The number of Topliss-reactive ketones (excluding diaryl/α,β-unsaturated/α-hetero) is 2. The van der Waals surface area contributed by atoms with Crippen molar-refractivity contribution in [2.45, 2.75) is 85.5 Å². The quantitative estimate of drug-likeness (QED) is 0.160. The van der Waals surface area contributed by atoms with Gasteiger partial charge in [0.2, 0.25) is 11.8 Å². The average Bonchev–Trinajstić information content (AvgIpc) is 3.21. The number of rotatable bonds is 8. The largest absolute Gasteiger partial charge is 0.333 e. The predicted molar refractivity (Wildman–Crippen MR) is 202 cm³/mol. The minimum atomic E-state index is -1.42. The number of imide groups is 3. The molecule has 2 aliphatic carbocycles. The number of barbiturate groups is 1. The zero-order valence-corrected chi connectivity index (χ0v) is 32.1. The van der Waals surface area contributed by atoms with Gasteiger partial charge in [-0.15, -0.1) is 0 Å². The minimum absolute atomic E-state index is 0.0166. The molecule has 7 amide bonds. The summed E-state index contributed by atoms with van der Waals surface area (Å²) < 4.78 is 0. The monoisotopic (exact) mass is 726 g/mol. The highest BCUT2D eigenvalue weighted by atomic mass is 16.2. The second-order valence-electron chi connectivity index (χ2n) is 14.5. The fourth-order valence-corrected chi connectivity index (χ4v) is 7.89. The maximum atomic E-state index is 13.1. The van der Waals surface area contributed by atoms with Crippen molar-refractivity contribution >= 4 is 41.4 Å². The Labute approximate surface area is 313 Å². The summed E-state index contributed by atoms with van der Waals surface area (Å²) in [5.41, 5.74) is -0.254. The number of urea groups is 2. The van der Waals surface area contributed by atoms with Crippen LogP contribution in [0.5, 0.6) is 0 Å². The maximum Gasteiger partial charge on any atom is 0.333 e. The Morgan fingerprint density at radius 2 is 1.19 bits per heavy atom. The van der Waals surface area contributed by atoms with Gasteiger partial charge < -0.3 is 4.90 Å². The standard InChI is InChI=1S/C20H22N2O4.C20H26N2O3.C2H6/c1-20(15-11-7-4-8-12-15)17(24)21(2)19(26)22(18(20)25)13-16(23)14-9-5-3-6-10-14;1-20(16-11-7-4-8-12-16)14-22(19(25)21(2)18(20)24)13-17(23)15-9-5-3-6-10-15;1-2/h3,5-6,9-11H,4,7-8,12-13H2,1-2H3;3,5-6,9-10,16H,4,7-8,11-14H2,1-2H3;1-2H3. The topological polar surface area (TPSA) is 132 Å². The first-order valence-electron chi connectivity index (χ1n) is 18.9. The van der Waals surface area contributed by atoms with Gasteiger partial charge in [-0.1, -0.05) is 99.8 Å². The third-order valence-electron chi connectivity index (χ3n) is 11.1. The van der Waals surface area contributed by atoms with Gasteiger partial charge in [0, 0.05) is 31.8 Å². The summed E-state index contributed by atoms with van der Waals surface area (Å²) in [4.78, 5) is 93.5. The molecule has 284 valence electrons. The van der Waals surface area contributed by atoms with Crippen molar-refractivity contribution in [3.05, 3.63) is 83.4 Å². The highest BCUT2D eigenvalue weighted by Gasteiger charge is 2.55. The summed E-state index contributed by atoms with van der Waals surface area (Å²) >= 11 is 0. The van der Waals surface area contributed by atoms with Crippen molar-refractivity contribution in [2.75, 3.05) is 33.7 Å². The Balaban J connectivity index is 0.000000226. The number of nitrogens with zero attached hydrogens (tertiary/aromatic N) is 4. The zero-order valence-electron chi connectivity index (χ0n) is 32.1. The lowest BCUT2D eigenvalue weighted by Crippen LogP contribution is -2.64. The average molecular weight is 727 g/mol. The lowest BCUT2D eigenvalue weighted by atomic mass is 9.68. The molecule has 0 radical (unpaired) electrons. The Morgan fingerprint density at radius 3 is 1.72 bits per heavy atom. The van der Waals surface area contributed by atoms with Crippen LogP contribution in [0.15, 0.2) is 72.3 Å². The van der Waals surface area contributed by atoms with Crippen LogP contribution < -0.4 is 0 Å². The van der Waals surface area contributed by atoms with E-state index in [0.29, 0.717) is 24.1 Å². The number of ketones is 2. The summed E-state index contributed by atoms with van der Waals surface area (Å²) in [6.45, 7) is 7.51. The SMILES string of the molecule is CC.CN1C(=O)N(CC(=O)c2ccccc2)C(=O)C(C)(C2=CCCCC2)C1=O.CN1C(=O)N(CC(=O)c2ccccc2)CC(C)(C2CCCCC2)C1=O. The van der Waals surface area contributed by atoms with Gasteiger partial charge >= 0.3 is 12.1 Å². The number of benzene rings is 2. The molecule has 1 saturated carbocycles. The molecule has 11 heteroatoms. The molecular formula is C42H54N4O7. The van der Waals surface area contributed by atoms with Gasteiger partial charge in [0.05, 0.1) is 18.5 Å². The molecule has 4 aliphatic rings. The molecular weight excluding hydrogens is 672 g/mol. The van der Waals surface area contributed by atoms with Crippen LogP contribution in [0.3, 0.4) is 0 Å². The number of amides is 7. The second kappa shape index (κ2) is 17.7. The summed E-state index contributed by atoms with van der Waals surface area (Å²) in [5.74, 6) is -1.39. The maximum absolute atomic E-state index is 13.1. The van der Waals surface area contributed by atoms with Crippen LogP contribution in [0.25, 0.3) is 0 Å². The van der Waals surface area contributed by atoms with Crippen LogP contribution in [0, 0.1) is 16.7 Å². The van der Waals surface area contributed by atoms with E-state index in [1.54, 1.807) is 54.3 Å². The van der Waals surface area contributed by atoms with Crippen molar-refractivity contribution in [3.63, 3.8) is 0 Å². The van der Waals surface area contributed by atoms with Crippen LogP contribution in [-0.4, -0.2) is 94.7 Å². The molecule has 2 aliphatic heterocycles. The van der Waals surface area contributed by atoms with E-state index >= 15 is 0 Å². The minimum Gasteiger partial charge on any atom is -0.316 e. The molecule has 0 spiro atoms. The predicted octanol–water partition coefficient (Wildman–Crippen LogP) is 7.17. The molecule has 53 heavy (non-hydrogen) atoms. The van der Waals surface area contributed by atoms with Crippen molar-refractivity contribution in [2.24, 2.45) is 16.7 Å². The highest BCUT2D eigenvalue weighted by molar-refractivity contribution is 6.22. The molecule has 2 heterocycles. The van der Waals surface area contributed by atoms with Crippen molar-refractivity contribution in [1.29, 1.82) is 0 Å². The fourth-order valence-electron chi connectivity index (χ4n) is 7.89. The molecule has 3 fully saturated rings. The third-order valence-corrected chi connectivity index (χ3v) is 11.1. The molecule has 2 aromatic carbocycles. The van der Waals surface area contributed by atoms with Gasteiger partial charge in [0.25, 0.3) is 5.91 Å². The highest BCUT2D eigenvalue weighted by Crippen LogP contribution is 2.43. The van der Waals surface area contributed by atoms with Gasteiger partial charge in [-0.25, -0.2) is 9.59 Å². The van der Waals surface area contributed by atoms with E-state index < -0.39 is 28.7 Å². The Kier molecular flexibility index (Phi) is 13.7. The normalized spacial score (nSPS) is 23.8.